The number of carbonyl (C=O) groups excluding carboxylic acids is 2. The maximum Gasteiger partial charge on any atom is 0.348 e. The number of thiophene rings is 1. The summed E-state index contributed by atoms with van der Waals surface area (Å²) < 4.78 is 11.0. The van der Waals surface area contributed by atoms with Crippen molar-refractivity contribution in [3.05, 3.63) is 34.7 Å². The van der Waals surface area contributed by atoms with Gasteiger partial charge in [0.05, 0.1) is 19.3 Å². The molecule has 27 heavy (non-hydrogen) atoms. The van der Waals surface area contributed by atoms with E-state index in [1.807, 2.05) is 0 Å². The third kappa shape index (κ3) is 5.04. The predicted octanol–water partition coefficient (Wildman–Crippen LogP) is 1.45. The topological polar surface area (TPSA) is 79.3 Å². The summed E-state index contributed by atoms with van der Waals surface area (Å²) in [5.41, 5.74) is 0.465. The highest BCUT2D eigenvalue weighted by Gasteiger charge is 2.17. The Morgan fingerprint density at radius 1 is 1.07 bits per heavy atom. The van der Waals surface area contributed by atoms with Gasteiger partial charge >= 0.3 is 11.9 Å². The summed E-state index contributed by atoms with van der Waals surface area (Å²) in [5, 5.41) is 9.87. The van der Waals surface area contributed by atoms with Crippen molar-refractivity contribution in [1.82, 2.24) is 9.80 Å². The van der Waals surface area contributed by atoms with Crippen LogP contribution in [0.2, 0.25) is 0 Å². The fourth-order valence-electron chi connectivity index (χ4n) is 3.09. The van der Waals surface area contributed by atoms with Gasteiger partial charge in [-0.25, -0.2) is 9.59 Å². The van der Waals surface area contributed by atoms with E-state index in [2.05, 4.69) is 9.80 Å². The summed E-state index contributed by atoms with van der Waals surface area (Å²) in [6.07, 6.45) is 0. The summed E-state index contributed by atoms with van der Waals surface area (Å²) in [7, 11) is 1.34. The molecular formula is C19H24N2O5S. The fourth-order valence-corrected chi connectivity index (χ4v) is 4.09. The first-order valence-electron chi connectivity index (χ1n) is 8.95. The van der Waals surface area contributed by atoms with E-state index in [1.54, 1.807) is 24.3 Å². The molecule has 8 heteroatoms. The molecule has 0 unspecified atom stereocenters. The zero-order chi connectivity index (χ0) is 19.2. The van der Waals surface area contributed by atoms with E-state index in [9.17, 15) is 9.59 Å². The lowest BCUT2D eigenvalue weighted by Crippen LogP contribution is -2.48. The number of ether oxygens (including phenoxy) is 2. The minimum Gasteiger partial charge on any atom is -0.465 e. The number of hydrogen-bond acceptors (Lipinski definition) is 8. The maximum absolute atomic E-state index is 12.3. The van der Waals surface area contributed by atoms with Crippen LogP contribution in [0.5, 0.6) is 0 Å². The van der Waals surface area contributed by atoms with Crippen molar-refractivity contribution in [1.29, 1.82) is 0 Å². The van der Waals surface area contributed by atoms with Crippen molar-refractivity contribution in [2.45, 2.75) is 0 Å². The number of benzene rings is 1. The molecule has 1 aliphatic rings. The Balaban J connectivity index is 1.50. The van der Waals surface area contributed by atoms with E-state index in [1.165, 1.54) is 18.4 Å². The zero-order valence-corrected chi connectivity index (χ0v) is 16.2. The van der Waals surface area contributed by atoms with Crippen LogP contribution in [0, 0.1) is 0 Å². The molecule has 2 aromatic rings. The van der Waals surface area contributed by atoms with Gasteiger partial charge in [-0.1, -0.05) is 6.07 Å². The summed E-state index contributed by atoms with van der Waals surface area (Å²) in [6.45, 7) is 5.63. The van der Waals surface area contributed by atoms with Crippen LogP contribution >= 0.6 is 11.3 Å². The number of aliphatic hydroxyl groups is 1. The molecule has 1 fully saturated rings. The van der Waals surface area contributed by atoms with E-state index in [4.69, 9.17) is 14.6 Å². The largest absolute Gasteiger partial charge is 0.465 e. The standard InChI is InChI=1S/C19H24N2O5S/c1-25-18(23)15-3-2-14-12-17(27-16(14)13-15)19(24)26-11-9-21-6-4-20(5-7-21)8-10-22/h2-3,12-13,22H,4-11H2,1H3. The molecule has 3 rings (SSSR count). The van der Waals surface area contributed by atoms with Crippen LogP contribution in [0.1, 0.15) is 20.0 Å². The Bertz CT molecular complexity index is 798. The number of rotatable bonds is 7. The van der Waals surface area contributed by atoms with Gasteiger partial charge in [0.25, 0.3) is 0 Å². The molecule has 2 heterocycles. The predicted molar refractivity (Wildman–Crippen MR) is 103 cm³/mol. The van der Waals surface area contributed by atoms with Crippen LogP contribution in [-0.2, 0) is 9.47 Å². The van der Waals surface area contributed by atoms with Crippen molar-refractivity contribution in [3.8, 4) is 0 Å². The van der Waals surface area contributed by atoms with E-state index in [0.717, 1.165) is 36.3 Å². The summed E-state index contributed by atoms with van der Waals surface area (Å²) >= 11 is 1.31. The highest BCUT2D eigenvalue weighted by atomic mass is 32.1. The minimum absolute atomic E-state index is 0.188. The Kier molecular flexibility index (Phi) is 6.78. The first-order valence-corrected chi connectivity index (χ1v) is 9.77. The molecule has 0 atom stereocenters. The summed E-state index contributed by atoms with van der Waals surface area (Å²) in [5.74, 6) is -0.733. The number of piperazine rings is 1. The number of methoxy groups -OCH3 is 1. The van der Waals surface area contributed by atoms with E-state index in [-0.39, 0.29) is 12.6 Å². The molecule has 0 spiro atoms. The molecule has 1 saturated heterocycles. The van der Waals surface area contributed by atoms with E-state index in [0.29, 0.717) is 30.1 Å². The lowest BCUT2D eigenvalue weighted by atomic mass is 10.2. The Morgan fingerprint density at radius 2 is 1.78 bits per heavy atom. The van der Waals surface area contributed by atoms with Crippen molar-refractivity contribution < 1.29 is 24.2 Å². The third-order valence-electron chi connectivity index (χ3n) is 4.66. The summed E-state index contributed by atoms with van der Waals surface area (Å²) in [6, 6.07) is 7.01. The second kappa shape index (κ2) is 9.27. The highest BCUT2D eigenvalue weighted by Crippen LogP contribution is 2.27. The van der Waals surface area contributed by atoms with Crippen molar-refractivity contribution >= 4 is 33.4 Å². The Hall–Kier alpha value is -2.00. The van der Waals surface area contributed by atoms with E-state index < -0.39 is 5.97 Å². The molecule has 7 nitrogen and oxygen atoms in total. The number of hydrogen-bond donors (Lipinski definition) is 1. The monoisotopic (exact) mass is 392 g/mol. The molecule has 0 aliphatic carbocycles. The third-order valence-corrected chi connectivity index (χ3v) is 5.74. The number of carbonyl (C=O) groups is 2. The number of esters is 2. The molecule has 146 valence electrons. The van der Waals surface area contributed by atoms with Crippen LogP contribution in [0.3, 0.4) is 0 Å². The molecule has 0 bridgehead atoms. The normalized spacial score (nSPS) is 15.8. The van der Waals surface area contributed by atoms with Gasteiger partial charge in [-0.2, -0.15) is 0 Å². The van der Waals surface area contributed by atoms with Gasteiger partial charge in [0.2, 0.25) is 0 Å². The fraction of sp³-hybridized carbons (Fsp3) is 0.474. The first-order chi connectivity index (χ1) is 13.1. The molecule has 1 aromatic carbocycles. The van der Waals surface area contributed by atoms with Crippen molar-refractivity contribution in [2.24, 2.45) is 0 Å². The Morgan fingerprint density at radius 3 is 2.44 bits per heavy atom. The number of β-amino-alcohol motifs (C(OH)–C–C–N with tert-alkyl or cyclic N) is 1. The average Bonchev–Trinajstić information content (AvgIpc) is 3.12. The minimum atomic E-state index is -0.395. The molecular weight excluding hydrogens is 368 g/mol. The second-order valence-corrected chi connectivity index (χ2v) is 7.48. The Labute approximate surface area is 162 Å². The highest BCUT2D eigenvalue weighted by molar-refractivity contribution is 7.20. The smallest absolute Gasteiger partial charge is 0.348 e. The number of nitrogens with zero attached hydrogens (tertiary/aromatic N) is 2. The molecule has 0 amide bonds. The SMILES string of the molecule is COC(=O)c1ccc2cc(C(=O)OCCN3CCN(CCO)CC3)sc2c1. The van der Waals surface area contributed by atoms with Gasteiger partial charge in [-0.3, -0.25) is 9.80 Å². The van der Waals surface area contributed by atoms with E-state index >= 15 is 0 Å². The van der Waals surface area contributed by atoms with Crippen LogP contribution in [-0.4, -0.2) is 86.4 Å². The van der Waals surface area contributed by atoms with Gasteiger partial charge in [0.1, 0.15) is 11.5 Å². The molecule has 1 aromatic heterocycles. The van der Waals surface area contributed by atoms with Crippen molar-refractivity contribution in [3.63, 3.8) is 0 Å². The number of aliphatic hydroxyl groups excluding tert-OH is 1. The zero-order valence-electron chi connectivity index (χ0n) is 15.3. The number of fused-ring (bicyclic) bond motifs is 1. The molecule has 0 saturated carbocycles. The van der Waals surface area contributed by atoms with Gasteiger partial charge in [-0.15, -0.1) is 11.3 Å². The average molecular weight is 392 g/mol. The van der Waals surface area contributed by atoms with Crippen LogP contribution in [0.15, 0.2) is 24.3 Å². The van der Waals surface area contributed by atoms with Gasteiger partial charge in [0.15, 0.2) is 0 Å². The lowest BCUT2D eigenvalue weighted by Gasteiger charge is -2.34. The lowest BCUT2D eigenvalue weighted by molar-refractivity contribution is 0.0419. The van der Waals surface area contributed by atoms with Gasteiger partial charge < -0.3 is 14.6 Å². The summed E-state index contributed by atoms with van der Waals surface area (Å²) in [4.78, 5) is 28.9. The quantitative estimate of drug-likeness (QED) is 0.715. The van der Waals surface area contributed by atoms with Crippen molar-refractivity contribution in [2.75, 3.05) is 59.6 Å². The molecule has 1 N–H and O–H groups in total. The van der Waals surface area contributed by atoms with Gasteiger partial charge in [0, 0.05) is 44.0 Å². The first kappa shape index (κ1) is 19.8. The maximum atomic E-state index is 12.3. The van der Waals surface area contributed by atoms with Crippen LogP contribution in [0.4, 0.5) is 0 Å². The van der Waals surface area contributed by atoms with Crippen LogP contribution in [0.25, 0.3) is 10.1 Å². The molecule has 0 radical (unpaired) electrons. The van der Waals surface area contributed by atoms with Gasteiger partial charge in [-0.05, 0) is 23.6 Å². The van der Waals surface area contributed by atoms with Crippen LogP contribution < -0.4 is 0 Å². The molecule has 1 aliphatic heterocycles. The second-order valence-electron chi connectivity index (χ2n) is 6.40.